The van der Waals surface area contributed by atoms with Crippen LogP contribution in [0.3, 0.4) is 0 Å². The molecule has 0 aliphatic carbocycles. The first-order valence-corrected chi connectivity index (χ1v) is 16.8. The van der Waals surface area contributed by atoms with E-state index in [0.29, 0.717) is 56.8 Å². The number of amides is 2. The Balaban J connectivity index is 1.52. The van der Waals surface area contributed by atoms with E-state index in [0.717, 1.165) is 18.5 Å². The zero-order chi connectivity index (χ0) is 37.2. The summed E-state index contributed by atoms with van der Waals surface area (Å²) in [5.74, 6) is -2.96. The summed E-state index contributed by atoms with van der Waals surface area (Å²) in [4.78, 5) is 37.0. The first kappa shape index (κ1) is 41.4. The molecule has 6 atom stereocenters. The molecule has 0 bridgehead atoms. The quantitative estimate of drug-likeness (QED) is 0.0513. The lowest BCUT2D eigenvalue weighted by molar-refractivity contribution is -0.310. The van der Waals surface area contributed by atoms with Crippen molar-refractivity contribution in [1.29, 1.82) is 0 Å². The number of hydrogen-bond donors (Lipinski definition) is 7. The molecule has 3 rings (SSSR count). The maximum absolute atomic E-state index is 12.5. The molecule has 0 spiro atoms. The molecule has 1 fully saturated rings. The molecule has 282 valence electrons. The maximum Gasteiger partial charge on any atom is 0.364 e. The molecule has 0 radical (unpaired) electrons. The highest BCUT2D eigenvalue weighted by molar-refractivity contribution is 5.79. The second kappa shape index (κ2) is 21.4. The van der Waals surface area contributed by atoms with Crippen LogP contribution in [0, 0.1) is 12.3 Å². The van der Waals surface area contributed by atoms with Crippen molar-refractivity contribution < 1.29 is 58.9 Å². The second-order valence-electron chi connectivity index (χ2n) is 12.1. The highest BCUT2D eigenvalue weighted by Crippen LogP contribution is 2.34. The first-order chi connectivity index (χ1) is 24.5. The Bertz CT molecular complexity index is 1420. The first-order valence-electron chi connectivity index (χ1n) is 16.8. The topological polar surface area (TPSA) is 244 Å². The van der Waals surface area contributed by atoms with Crippen LogP contribution in [-0.4, -0.2) is 141 Å². The largest absolute Gasteiger partial charge is 0.477 e. The molecular formula is C34H49N5O12. The van der Waals surface area contributed by atoms with Crippen LogP contribution in [0.25, 0.3) is 0 Å². The van der Waals surface area contributed by atoms with Gasteiger partial charge in [-0.05, 0) is 37.0 Å². The Morgan fingerprint density at radius 2 is 1.84 bits per heavy atom. The number of nitrogens with one attached hydrogen (secondary N) is 2. The van der Waals surface area contributed by atoms with Gasteiger partial charge in [-0.25, -0.2) is 9.48 Å². The smallest absolute Gasteiger partial charge is 0.364 e. The van der Waals surface area contributed by atoms with Crippen molar-refractivity contribution in [2.45, 2.75) is 87.7 Å². The Labute approximate surface area is 296 Å². The number of hydrogen-bond acceptors (Lipinski definition) is 13. The minimum atomic E-state index is -2.43. The molecule has 17 nitrogen and oxygen atoms in total. The fourth-order valence-electron chi connectivity index (χ4n) is 5.44. The zero-order valence-electron chi connectivity index (χ0n) is 28.7. The summed E-state index contributed by atoms with van der Waals surface area (Å²) < 4.78 is 23.5. The Hall–Kier alpha value is -3.99. The summed E-state index contributed by atoms with van der Waals surface area (Å²) in [7, 11) is 1.61. The number of carboxylic acid groups (broad SMARTS) is 1. The number of terminal acetylenes is 1. The SMILES string of the molecule is C#Cc1ccc(CC(=O)NC[C@@H](O)[C@@H](O)C2OC(OCCCCCCc3cn(CCOCCOC)nn3)(C(=O)O)CC(O)C2NC(=O)CO)cc1. The standard InChI is InChI=1S/C34H49N5O12/c1-3-23-9-11-24(12-10-23)18-28(43)35-20-27(42)31(45)32-30(36-29(44)22-40)26(41)19-34(51-32,33(46)47)50-14-7-5-4-6-8-25-21-39(38-37-25)13-15-49-17-16-48-2/h1,9-12,21,26-27,30-32,40-42,45H,4-8,13-20,22H2,2H3,(H,35,43)(H,36,44)(H,46,47)/t26?,27-,30?,31-,32?,34?/m1/s1. The highest BCUT2D eigenvalue weighted by atomic mass is 16.7. The summed E-state index contributed by atoms with van der Waals surface area (Å²) in [5.41, 5.74) is 2.13. The van der Waals surface area contributed by atoms with Gasteiger partial charge >= 0.3 is 5.97 Å². The molecule has 2 heterocycles. The molecule has 0 saturated carbocycles. The number of aliphatic carboxylic acids is 1. The van der Waals surface area contributed by atoms with Gasteiger partial charge in [0.2, 0.25) is 11.8 Å². The number of aliphatic hydroxyl groups is 4. The van der Waals surface area contributed by atoms with Gasteiger partial charge in [-0.1, -0.05) is 36.1 Å². The summed E-state index contributed by atoms with van der Waals surface area (Å²) in [6.45, 7) is 0.581. The van der Waals surface area contributed by atoms with Gasteiger partial charge in [-0.2, -0.15) is 0 Å². The van der Waals surface area contributed by atoms with Crippen LogP contribution in [0.4, 0.5) is 0 Å². The minimum absolute atomic E-state index is 0.0507. The summed E-state index contributed by atoms with van der Waals surface area (Å²) in [6, 6.07) is 5.26. The predicted molar refractivity (Wildman–Crippen MR) is 179 cm³/mol. The van der Waals surface area contributed by atoms with Crippen molar-refractivity contribution in [3.05, 3.63) is 47.3 Å². The Morgan fingerprint density at radius 1 is 1.10 bits per heavy atom. The molecule has 51 heavy (non-hydrogen) atoms. The van der Waals surface area contributed by atoms with E-state index in [1.54, 1.807) is 36.1 Å². The van der Waals surface area contributed by atoms with E-state index in [4.69, 9.17) is 25.4 Å². The van der Waals surface area contributed by atoms with Crippen molar-refractivity contribution >= 4 is 17.8 Å². The monoisotopic (exact) mass is 719 g/mol. The van der Waals surface area contributed by atoms with E-state index >= 15 is 0 Å². The van der Waals surface area contributed by atoms with Crippen LogP contribution in [0.15, 0.2) is 30.5 Å². The van der Waals surface area contributed by atoms with Gasteiger partial charge in [0.05, 0.1) is 63.3 Å². The Kier molecular flexibility index (Phi) is 17.4. The molecule has 7 N–H and O–H groups in total. The molecular weight excluding hydrogens is 670 g/mol. The van der Waals surface area contributed by atoms with Crippen molar-refractivity contribution in [2.75, 3.05) is 46.7 Å². The van der Waals surface area contributed by atoms with Gasteiger partial charge in [-0.15, -0.1) is 11.5 Å². The summed E-state index contributed by atoms with van der Waals surface area (Å²) in [6.07, 6.45) is 2.96. The highest BCUT2D eigenvalue weighted by Gasteiger charge is 2.55. The van der Waals surface area contributed by atoms with Gasteiger partial charge in [0, 0.05) is 31.8 Å². The second-order valence-corrected chi connectivity index (χ2v) is 12.1. The number of aryl methyl sites for hydroxylation is 1. The van der Waals surface area contributed by atoms with Crippen LogP contribution >= 0.6 is 0 Å². The van der Waals surface area contributed by atoms with E-state index in [2.05, 4.69) is 26.9 Å². The van der Waals surface area contributed by atoms with Crippen LogP contribution in [0.5, 0.6) is 0 Å². The van der Waals surface area contributed by atoms with E-state index in [1.807, 2.05) is 6.20 Å². The Morgan fingerprint density at radius 3 is 2.53 bits per heavy atom. The average Bonchev–Trinajstić information content (AvgIpc) is 3.58. The third-order valence-electron chi connectivity index (χ3n) is 8.24. The van der Waals surface area contributed by atoms with Crippen LogP contribution in [0.1, 0.15) is 48.9 Å². The van der Waals surface area contributed by atoms with Gasteiger partial charge in [0.1, 0.15) is 18.8 Å². The van der Waals surface area contributed by atoms with E-state index in [-0.39, 0.29) is 13.0 Å². The number of methoxy groups -OCH3 is 1. The molecule has 1 aromatic carbocycles. The third kappa shape index (κ3) is 13.3. The summed E-state index contributed by atoms with van der Waals surface area (Å²) in [5, 5.41) is 65.3. The number of rotatable bonds is 23. The number of nitrogens with zero attached hydrogens (tertiary/aromatic N) is 3. The molecule has 2 amide bonds. The number of unbranched alkanes of at least 4 members (excludes halogenated alkanes) is 3. The third-order valence-corrected chi connectivity index (χ3v) is 8.24. The molecule has 4 unspecified atom stereocenters. The molecule has 1 saturated heterocycles. The van der Waals surface area contributed by atoms with Crippen molar-refractivity contribution in [1.82, 2.24) is 25.6 Å². The van der Waals surface area contributed by atoms with E-state index in [1.165, 1.54) is 0 Å². The van der Waals surface area contributed by atoms with E-state index in [9.17, 15) is 39.9 Å². The molecule has 1 aliphatic rings. The number of carbonyl (C=O) groups excluding carboxylic acids is 2. The van der Waals surface area contributed by atoms with Crippen LogP contribution in [0.2, 0.25) is 0 Å². The number of ether oxygens (including phenoxy) is 4. The van der Waals surface area contributed by atoms with Gasteiger partial charge in [0.15, 0.2) is 0 Å². The average molecular weight is 720 g/mol. The van der Waals surface area contributed by atoms with Crippen molar-refractivity contribution in [3.63, 3.8) is 0 Å². The fraction of sp³-hybridized carbons (Fsp3) is 0.618. The number of aromatic nitrogens is 3. The molecule has 2 aromatic rings. The lowest BCUT2D eigenvalue weighted by Crippen LogP contribution is -2.68. The number of carboxylic acids is 1. The predicted octanol–water partition coefficient (Wildman–Crippen LogP) is -1.47. The maximum atomic E-state index is 12.5. The van der Waals surface area contributed by atoms with Gasteiger partial charge in [0.25, 0.3) is 5.79 Å². The lowest BCUT2D eigenvalue weighted by Gasteiger charge is -2.46. The number of benzene rings is 1. The molecule has 17 heteroatoms. The lowest BCUT2D eigenvalue weighted by atomic mass is 9.88. The molecule has 1 aliphatic heterocycles. The van der Waals surface area contributed by atoms with Crippen molar-refractivity contribution in [2.24, 2.45) is 0 Å². The van der Waals surface area contributed by atoms with Crippen LogP contribution < -0.4 is 10.6 Å². The van der Waals surface area contributed by atoms with Crippen LogP contribution in [-0.2, 0) is 52.7 Å². The summed E-state index contributed by atoms with van der Waals surface area (Å²) >= 11 is 0. The van der Waals surface area contributed by atoms with Crippen molar-refractivity contribution in [3.8, 4) is 12.3 Å². The molecule has 1 aromatic heterocycles. The fourth-order valence-corrected chi connectivity index (χ4v) is 5.44. The number of carbonyl (C=O) groups is 3. The van der Waals surface area contributed by atoms with Gasteiger partial charge in [-0.3, -0.25) is 9.59 Å². The zero-order valence-corrected chi connectivity index (χ0v) is 28.7. The minimum Gasteiger partial charge on any atom is -0.477 e. The van der Waals surface area contributed by atoms with E-state index < -0.39 is 73.6 Å². The van der Waals surface area contributed by atoms with Gasteiger partial charge < -0.3 is 55.1 Å². The normalized spacial score (nSPS) is 21.4. The number of aliphatic hydroxyl groups excluding tert-OH is 4.